The second kappa shape index (κ2) is 16.8. The van der Waals surface area contributed by atoms with Gasteiger partial charge in [0.2, 0.25) is 0 Å². The molecule has 0 aliphatic heterocycles. The molecule has 0 atom stereocenters. The van der Waals surface area contributed by atoms with E-state index in [0.717, 1.165) is 39.1 Å². The molecule has 192 valence electrons. The average Bonchev–Trinajstić information content (AvgIpc) is 2.88. The van der Waals surface area contributed by atoms with Gasteiger partial charge in [0, 0.05) is 17.3 Å². The Labute approximate surface area is 219 Å². The minimum Gasteiger partial charge on any atom is -0.383 e. The largest absolute Gasteiger partial charge is 0.383 e. The van der Waals surface area contributed by atoms with Crippen LogP contribution in [0.5, 0.6) is 0 Å². The van der Waals surface area contributed by atoms with E-state index in [9.17, 15) is 0 Å². The van der Waals surface area contributed by atoms with Crippen molar-refractivity contribution in [1.82, 2.24) is 4.98 Å². The number of para-hydroxylation sites is 1. The highest BCUT2D eigenvalue weighted by Crippen LogP contribution is 2.32. The smallest absolute Gasteiger partial charge is 0.0731 e. The number of unbranched alkanes of at least 4 members (excludes halogenated alkanes) is 16. The van der Waals surface area contributed by atoms with Crippen molar-refractivity contribution in [2.75, 3.05) is 11.9 Å². The van der Waals surface area contributed by atoms with Crippen LogP contribution in [-0.2, 0) is 0 Å². The van der Waals surface area contributed by atoms with Crippen LogP contribution in [-0.4, -0.2) is 11.5 Å². The summed E-state index contributed by atoms with van der Waals surface area (Å²) < 4.78 is 0. The van der Waals surface area contributed by atoms with Crippen LogP contribution in [0.2, 0.25) is 5.02 Å². The summed E-state index contributed by atoms with van der Waals surface area (Å²) in [6, 6.07) is 14.5. The lowest BCUT2D eigenvalue weighted by molar-refractivity contribution is 0.528. The zero-order valence-corrected chi connectivity index (χ0v) is 22.9. The van der Waals surface area contributed by atoms with E-state index in [1.807, 2.05) is 18.2 Å². The maximum atomic E-state index is 6.55. The molecule has 0 bridgehead atoms. The van der Waals surface area contributed by atoms with Crippen molar-refractivity contribution in [3.8, 4) is 0 Å². The number of rotatable bonds is 19. The normalized spacial score (nSPS) is 11.5. The predicted molar refractivity (Wildman–Crippen MR) is 157 cm³/mol. The Morgan fingerprint density at radius 1 is 0.629 bits per heavy atom. The Hall–Kier alpha value is -1.80. The van der Waals surface area contributed by atoms with Gasteiger partial charge in [-0.3, -0.25) is 0 Å². The SMILES string of the molecule is CCCCCCCCCCCCCCCCCCCNc1c(Cl)ccc2nc3ccccc3cc12. The molecule has 35 heavy (non-hydrogen) atoms. The molecule has 0 aliphatic carbocycles. The number of fused-ring (bicyclic) bond motifs is 2. The van der Waals surface area contributed by atoms with Crippen molar-refractivity contribution in [2.24, 2.45) is 0 Å². The van der Waals surface area contributed by atoms with Crippen molar-refractivity contribution < 1.29 is 0 Å². The molecule has 3 aromatic rings. The van der Waals surface area contributed by atoms with Gasteiger partial charge in [0.1, 0.15) is 0 Å². The van der Waals surface area contributed by atoms with Gasteiger partial charge in [-0.15, -0.1) is 0 Å². The van der Waals surface area contributed by atoms with Crippen LogP contribution >= 0.6 is 11.6 Å². The summed E-state index contributed by atoms with van der Waals surface area (Å²) in [5, 5.41) is 6.65. The van der Waals surface area contributed by atoms with E-state index in [2.05, 4.69) is 36.5 Å². The summed E-state index contributed by atoms with van der Waals surface area (Å²) >= 11 is 6.55. The molecule has 1 N–H and O–H groups in total. The molecular formula is C32H47ClN2. The molecule has 0 radical (unpaired) electrons. The Bertz CT molecular complexity index is 984. The van der Waals surface area contributed by atoms with Crippen LogP contribution in [0.15, 0.2) is 42.5 Å². The van der Waals surface area contributed by atoms with Crippen molar-refractivity contribution in [3.63, 3.8) is 0 Å². The van der Waals surface area contributed by atoms with Crippen molar-refractivity contribution in [1.29, 1.82) is 0 Å². The van der Waals surface area contributed by atoms with Gasteiger partial charge in [-0.05, 0) is 30.7 Å². The van der Waals surface area contributed by atoms with Crippen LogP contribution in [0.25, 0.3) is 21.8 Å². The molecule has 2 nitrogen and oxygen atoms in total. The fourth-order valence-electron chi connectivity index (χ4n) is 5.07. The molecule has 0 saturated heterocycles. The molecule has 0 saturated carbocycles. The Morgan fingerprint density at radius 3 is 1.77 bits per heavy atom. The first-order chi connectivity index (χ1) is 17.3. The zero-order chi connectivity index (χ0) is 24.6. The van der Waals surface area contributed by atoms with Gasteiger partial charge < -0.3 is 5.32 Å². The van der Waals surface area contributed by atoms with E-state index in [1.54, 1.807) is 0 Å². The number of benzene rings is 2. The third-order valence-electron chi connectivity index (χ3n) is 7.23. The van der Waals surface area contributed by atoms with Gasteiger partial charge in [0.25, 0.3) is 0 Å². The maximum absolute atomic E-state index is 6.55. The van der Waals surface area contributed by atoms with E-state index >= 15 is 0 Å². The number of anilines is 1. The van der Waals surface area contributed by atoms with Gasteiger partial charge in [0.05, 0.1) is 21.7 Å². The number of hydrogen-bond acceptors (Lipinski definition) is 2. The lowest BCUT2D eigenvalue weighted by Crippen LogP contribution is -2.03. The minimum atomic E-state index is 0.779. The van der Waals surface area contributed by atoms with Crippen molar-refractivity contribution >= 4 is 39.1 Å². The van der Waals surface area contributed by atoms with Gasteiger partial charge in [-0.25, -0.2) is 4.98 Å². The fraction of sp³-hybridized carbons (Fsp3) is 0.594. The average molecular weight is 495 g/mol. The van der Waals surface area contributed by atoms with Gasteiger partial charge in [-0.1, -0.05) is 139 Å². The Balaban J connectivity index is 1.20. The fourth-order valence-corrected chi connectivity index (χ4v) is 5.30. The molecule has 1 heterocycles. The zero-order valence-electron chi connectivity index (χ0n) is 22.1. The summed E-state index contributed by atoms with van der Waals surface area (Å²) in [5.41, 5.74) is 3.05. The van der Waals surface area contributed by atoms with Crippen LogP contribution < -0.4 is 5.32 Å². The number of pyridine rings is 1. The summed E-state index contributed by atoms with van der Waals surface area (Å²) in [6.07, 6.45) is 23.8. The van der Waals surface area contributed by atoms with Gasteiger partial charge >= 0.3 is 0 Å². The van der Waals surface area contributed by atoms with Crippen LogP contribution in [0.3, 0.4) is 0 Å². The second-order valence-electron chi connectivity index (χ2n) is 10.3. The highest BCUT2D eigenvalue weighted by atomic mass is 35.5. The molecule has 0 amide bonds. The monoisotopic (exact) mass is 494 g/mol. The molecule has 0 spiro atoms. The molecule has 0 fully saturated rings. The standard InChI is InChI=1S/C32H47ClN2/c1-2-3-4-5-6-7-8-9-10-11-12-13-14-15-16-17-20-25-34-32-28-26-27-21-18-19-22-30(27)35-31(28)24-23-29(32)33/h18-19,21-24,26,34H,2-17,20,25H2,1H3. The highest BCUT2D eigenvalue weighted by molar-refractivity contribution is 6.35. The maximum Gasteiger partial charge on any atom is 0.0731 e. The quantitative estimate of drug-likeness (QED) is 0.132. The van der Waals surface area contributed by atoms with Gasteiger partial charge in [0.15, 0.2) is 0 Å². The molecule has 0 aliphatic rings. The van der Waals surface area contributed by atoms with Gasteiger partial charge in [-0.2, -0.15) is 0 Å². The lowest BCUT2D eigenvalue weighted by atomic mass is 10.0. The number of nitrogens with one attached hydrogen (secondary N) is 1. The number of nitrogens with zero attached hydrogens (tertiary/aromatic N) is 1. The highest BCUT2D eigenvalue weighted by Gasteiger charge is 2.08. The first-order valence-electron chi connectivity index (χ1n) is 14.5. The molecule has 2 aromatic carbocycles. The van der Waals surface area contributed by atoms with Crippen molar-refractivity contribution in [2.45, 2.75) is 116 Å². The third-order valence-corrected chi connectivity index (χ3v) is 7.55. The first-order valence-corrected chi connectivity index (χ1v) is 14.9. The summed E-state index contributed by atoms with van der Waals surface area (Å²) in [6.45, 7) is 3.26. The van der Waals surface area contributed by atoms with E-state index < -0.39 is 0 Å². The second-order valence-corrected chi connectivity index (χ2v) is 10.7. The first kappa shape index (κ1) is 27.8. The minimum absolute atomic E-state index is 0.779. The third kappa shape index (κ3) is 10.00. The van der Waals surface area contributed by atoms with Crippen LogP contribution in [0.1, 0.15) is 116 Å². The van der Waals surface area contributed by atoms with E-state index in [1.165, 1.54) is 109 Å². The number of hydrogen-bond donors (Lipinski definition) is 1. The Morgan fingerprint density at radius 2 is 1.17 bits per heavy atom. The summed E-state index contributed by atoms with van der Waals surface area (Å²) in [7, 11) is 0. The van der Waals surface area contributed by atoms with Crippen LogP contribution in [0, 0.1) is 0 Å². The van der Waals surface area contributed by atoms with E-state index in [0.29, 0.717) is 0 Å². The molecule has 1 aromatic heterocycles. The molecule has 0 unspecified atom stereocenters. The molecule has 3 heteroatoms. The summed E-state index contributed by atoms with van der Waals surface area (Å²) in [4.78, 5) is 4.81. The van der Waals surface area contributed by atoms with Crippen molar-refractivity contribution in [3.05, 3.63) is 47.5 Å². The topological polar surface area (TPSA) is 24.9 Å². The summed E-state index contributed by atoms with van der Waals surface area (Å²) in [5.74, 6) is 0. The van der Waals surface area contributed by atoms with E-state index in [4.69, 9.17) is 16.6 Å². The lowest BCUT2D eigenvalue weighted by Gasteiger charge is -2.12. The number of halogens is 1. The predicted octanol–water partition coefficient (Wildman–Crippen LogP) is 11.1. The Kier molecular flexibility index (Phi) is 13.3. The molecule has 3 rings (SSSR count). The molecular weight excluding hydrogens is 448 g/mol. The van der Waals surface area contributed by atoms with E-state index in [-0.39, 0.29) is 0 Å². The number of aromatic nitrogens is 1. The van der Waals surface area contributed by atoms with Crippen LogP contribution in [0.4, 0.5) is 5.69 Å².